The van der Waals surface area contributed by atoms with E-state index in [2.05, 4.69) is 25.7 Å². The zero-order valence-electron chi connectivity index (χ0n) is 11.3. The van der Waals surface area contributed by atoms with Gasteiger partial charge in [-0.1, -0.05) is 34.6 Å². The average molecular weight is 213 g/mol. The molecule has 0 aromatic carbocycles. The lowest BCUT2D eigenvalue weighted by molar-refractivity contribution is -0.126. The summed E-state index contributed by atoms with van der Waals surface area (Å²) in [6, 6.07) is 0.586. The predicted octanol–water partition coefficient (Wildman–Crippen LogP) is 3.11. The summed E-state index contributed by atoms with van der Waals surface area (Å²) in [5, 5.41) is 0. The number of carbonyl (C=O) groups excluding carboxylic acids is 1. The molecule has 0 heterocycles. The van der Waals surface area contributed by atoms with Gasteiger partial charge in [0, 0.05) is 24.4 Å². The first-order chi connectivity index (χ1) is 6.82. The van der Waals surface area contributed by atoms with Crippen molar-refractivity contribution in [1.82, 2.24) is 4.90 Å². The van der Waals surface area contributed by atoms with Crippen LogP contribution in [-0.4, -0.2) is 29.8 Å². The normalized spacial score (nSPS) is 14.3. The minimum absolute atomic E-state index is 0.186. The smallest absolute Gasteiger partial charge is 0.139 e. The number of rotatable bonds is 6. The molecule has 1 atom stereocenters. The van der Waals surface area contributed by atoms with Gasteiger partial charge in [-0.2, -0.15) is 0 Å². The van der Waals surface area contributed by atoms with Gasteiger partial charge in [0.05, 0.1) is 0 Å². The molecule has 0 bridgehead atoms. The maximum Gasteiger partial charge on any atom is 0.139 e. The van der Waals surface area contributed by atoms with Crippen molar-refractivity contribution in [2.75, 3.05) is 13.1 Å². The van der Waals surface area contributed by atoms with E-state index in [0.29, 0.717) is 18.2 Å². The van der Waals surface area contributed by atoms with Crippen LogP contribution in [0.3, 0.4) is 0 Å². The van der Waals surface area contributed by atoms with Crippen LogP contribution in [-0.2, 0) is 4.79 Å². The highest BCUT2D eigenvalue weighted by Crippen LogP contribution is 2.17. The van der Waals surface area contributed by atoms with Gasteiger partial charge in [-0.05, 0) is 19.9 Å². The van der Waals surface area contributed by atoms with Crippen LogP contribution >= 0.6 is 0 Å². The average Bonchev–Trinajstić information content (AvgIpc) is 2.16. The molecular weight excluding hydrogens is 186 g/mol. The molecule has 0 aliphatic rings. The molecule has 2 nitrogen and oxygen atoms in total. The summed E-state index contributed by atoms with van der Waals surface area (Å²) in [7, 11) is 0. The summed E-state index contributed by atoms with van der Waals surface area (Å²) in [6.45, 7) is 14.5. The largest absolute Gasteiger partial charge is 0.301 e. The molecule has 15 heavy (non-hydrogen) atoms. The summed E-state index contributed by atoms with van der Waals surface area (Å²) >= 11 is 0. The van der Waals surface area contributed by atoms with Gasteiger partial charge >= 0.3 is 0 Å². The van der Waals surface area contributed by atoms with Crippen LogP contribution in [0, 0.1) is 5.41 Å². The molecule has 0 rings (SSSR count). The minimum Gasteiger partial charge on any atom is -0.301 e. The van der Waals surface area contributed by atoms with Crippen LogP contribution in [0.1, 0.15) is 54.4 Å². The summed E-state index contributed by atoms with van der Waals surface area (Å²) in [4.78, 5) is 14.1. The lowest BCUT2D eigenvalue weighted by Gasteiger charge is -2.27. The van der Waals surface area contributed by atoms with Crippen molar-refractivity contribution in [3.63, 3.8) is 0 Å². The Labute approximate surface area is 95.0 Å². The molecule has 0 N–H and O–H groups in total. The monoisotopic (exact) mass is 213 g/mol. The first-order valence-corrected chi connectivity index (χ1v) is 6.10. The number of hydrogen-bond donors (Lipinski definition) is 0. The van der Waals surface area contributed by atoms with Gasteiger partial charge in [0.1, 0.15) is 5.78 Å². The Morgan fingerprint density at radius 3 is 2.13 bits per heavy atom. The molecular formula is C13H27NO. The minimum atomic E-state index is -0.186. The number of hydrogen-bond acceptors (Lipinski definition) is 2. The molecule has 0 fully saturated rings. The third kappa shape index (κ3) is 5.31. The van der Waals surface area contributed by atoms with E-state index in [1.807, 2.05) is 20.8 Å². The first-order valence-electron chi connectivity index (χ1n) is 6.10. The first kappa shape index (κ1) is 14.6. The highest BCUT2D eigenvalue weighted by atomic mass is 16.1. The topological polar surface area (TPSA) is 20.3 Å². The maximum atomic E-state index is 11.8. The van der Waals surface area contributed by atoms with Gasteiger partial charge in [0.15, 0.2) is 0 Å². The fraction of sp³-hybridized carbons (Fsp3) is 0.923. The molecule has 90 valence electrons. The molecule has 0 amide bonds. The van der Waals surface area contributed by atoms with Crippen molar-refractivity contribution in [3.05, 3.63) is 0 Å². The van der Waals surface area contributed by atoms with Gasteiger partial charge in [0.25, 0.3) is 0 Å². The molecule has 2 heteroatoms. The molecule has 1 unspecified atom stereocenters. The third-order valence-corrected chi connectivity index (χ3v) is 3.08. The zero-order chi connectivity index (χ0) is 12.1. The maximum absolute atomic E-state index is 11.8. The van der Waals surface area contributed by atoms with Gasteiger partial charge in [0.2, 0.25) is 0 Å². The fourth-order valence-corrected chi connectivity index (χ4v) is 1.57. The van der Waals surface area contributed by atoms with E-state index in [1.165, 1.54) is 0 Å². The van der Waals surface area contributed by atoms with Crippen molar-refractivity contribution in [3.8, 4) is 0 Å². The van der Waals surface area contributed by atoms with E-state index in [-0.39, 0.29) is 5.41 Å². The molecule has 0 aliphatic carbocycles. The number of nitrogens with zero attached hydrogens (tertiary/aromatic N) is 1. The zero-order valence-corrected chi connectivity index (χ0v) is 11.3. The Kier molecular flexibility index (Phi) is 6.11. The molecule has 0 spiro atoms. The van der Waals surface area contributed by atoms with E-state index in [0.717, 1.165) is 19.5 Å². The summed E-state index contributed by atoms with van der Waals surface area (Å²) < 4.78 is 0. The van der Waals surface area contributed by atoms with Gasteiger partial charge < -0.3 is 4.90 Å². The van der Waals surface area contributed by atoms with Crippen LogP contribution in [0.5, 0.6) is 0 Å². The molecule has 0 aromatic rings. The molecule has 0 radical (unpaired) electrons. The summed E-state index contributed by atoms with van der Waals surface area (Å²) in [5.74, 6) is 0.365. The molecule has 0 aromatic heterocycles. The Bertz CT molecular complexity index is 193. The Balaban J connectivity index is 4.07. The van der Waals surface area contributed by atoms with Crippen molar-refractivity contribution >= 4 is 5.78 Å². The van der Waals surface area contributed by atoms with Crippen LogP contribution in [0.15, 0.2) is 0 Å². The highest BCUT2D eigenvalue weighted by Gasteiger charge is 2.21. The highest BCUT2D eigenvalue weighted by molar-refractivity contribution is 5.83. The fourth-order valence-electron chi connectivity index (χ4n) is 1.57. The SMILES string of the molecule is CCC(C)N(CC)CCC(=O)C(C)(C)C. The molecule has 0 saturated heterocycles. The van der Waals surface area contributed by atoms with Crippen LogP contribution in [0.2, 0.25) is 0 Å². The van der Waals surface area contributed by atoms with Gasteiger partial charge in [-0.3, -0.25) is 4.79 Å². The van der Waals surface area contributed by atoms with Crippen molar-refractivity contribution in [2.24, 2.45) is 5.41 Å². The van der Waals surface area contributed by atoms with Crippen molar-refractivity contribution in [2.45, 2.75) is 60.4 Å². The van der Waals surface area contributed by atoms with E-state index >= 15 is 0 Å². The third-order valence-electron chi connectivity index (χ3n) is 3.08. The van der Waals surface area contributed by atoms with E-state index in [1.54, 1.807) is 0 Å². The van der Waals surface area contributed by atoms with E-state index in [9.17, 15) is 4.79 Å². The van der Waals surface area contributed by atoms with Crippen molar-refractivity contribution < 1.29 is 4.79 Å². The molecule has 0 saturated carbocycles. The van der Waals surface area contributed by atoms with Crippen molar-refractivity contribution in [1.29, 1.82) is 0 Å². The van der Waals surface area contributed by atoms with Crippen LogP contribution < -0.4 is 0 Å². The second-order valence-electron chi connectivity index (χ2n) is 5.31. The standard InChI is InChI=1S/C13H27NO/c1-7-11(3)14(8-2)10-9-12(15)13(4,5)6/h11H,7-10H2,1-6H3. The predicted molar refractivity (Wildman–Crippen MR) is 66.1 cm³/mol. The van der Waals surface area contributed by atoms with Crippen LogP contribution in [0.25, 0.3) is 0 Å². The Morgan fingerprint density at radius 1 is 1.27 bits per heavy atom. The summed E-state index contributed by atoms with van der Waals surface area (Å²) in [5.41, 5.74) is -0.186. The number of ketones is 1. The van der Waals surface area contributed by atoms with E-state index < -0.39 is 0 Å². The number of Topliss-reactive ketones (excluding diaryl/α,β-unsaturated/α-hetero) is 1. The lowest BCUT2D eigenvalue weighted by atomic mass is 9.89. The number of carbonyl (C=O) groups is 1. The quantitative estimate of drug-likeness (QED) is 0.675. The molecule has 0 aliphatic heterocycles. The lowest BCUT2D eigenvalue weighted by Crippen LogP contribution is -2.35. The van der Waals surface area contributed by atoms with Gasteiger partial charge in [-0.25, -0.2) is 0 Å². The van der Waals surface area contributed by atoms with Gasteiger partial charge in [-0.15, -0.1) is 0 Å². The Hall–Kier alpha value is -0.370. The Morgan fingerprint density at radius 2 is 1.80 bits per heavy atom. The van der Waals surface area contributed by atoms with Crippen LogP contribution in [0.4, 0.5) is 0 Å². The summed E-state index contributed by atoms with van der Waals surface area (Å²) in [6.07, 6.45) is 1.83. The second-order valence-corrected chi connectivity index (χ2v) is 5.31. The van der Waals surface area contributed by atoms with E-state index in [4.69, 9.17) is 0 Å². The second kappa shape index (κ2) is 6.26.